The van der Waals surface area contributed by atoms with Crippen LogP contribution in [0, 0.1) is 0 Å². The highest BCUT2D eigenvalue weighted by Crippen LogP contribution is 2.02. The molecule has 0 aliphatic rings. The average molecular weight is 402 g/mol. The van der Waals surface area contributed by atoms with E-state index in [1.54, 1.807) is 72.8 Å². The lowest BCUT2D eigenvalue weighted by Gasteiger charge is -1.91. The maximum Gasteiger partial charge on any atom is 0.150 e. The summed E-state index contributed by atoms with van der Waals surface area (Å²) in [6.45, 7) is 0. The Morgan fingerprint density at radius 2 is 0.733 bits per heavy atom. The molecule has 0 radical (unpaired) electrons. The second kappa shape index (κ2) is 13.8. The first-order valence-electron chi connectivity index (χ1n) is 8.62. The summed E-state index contributed by atoms with van der Waals surface area (Å²) in [7, 11) is 0. The van der Waals surface area contributed by atoms with Crippen molar-refractivity contribution < 1.29 is 28.8 Å². The Bertz CT molecular complexity index is 929. The summed E-state index contributed by atoms with van der Waals surface area (Å²) in [6.07, 6.45) is 4.26. The van der Waals surface area contributed by atoms with Crippen LogP contribution in [0.2, 0.25) is 0 Å². The molecule has 0 unspecified atom stereocenters. The van der Waals surface area contributed by atoms with Crippen molar-refractivity contribution in [1.29, 1.82) is 0 Å². The Balaban J connectivity index is 0.000000225. The molecule has 0 heterocycles. The van der Waals surface area contributed by atoms with Crippen molar-refractivity contribution in [1.82, 2.24) is 0 Å². The van der Waals surface area contributed by atoms with Crippen LogP contribution < -0.4 is 0 Å². The molecule has 3 aromatic rings. The van der Waals surface area contributed by atoms with Crippen LogP contribution in [0.25, 0.3) is 0 Å². The number of aldehydes is 6. The first-order valence-corrected chi connectivity index (χ1v) is 8.62. The normalized spacial score (nSPS) is 8.80. The van der Waals surface area contributed by atoms with Crippen molar-refractivity contribution in [2.75, 3.05) is 0 Å². The maximum absolute atomic E-state index is 10.2. The molecule has 0 saturated heterocycles. The standard InChI is InChI=1S/3C8H6O2/c9-5-7-1-2-8(6-10)4-3-7;9-5-7-2-1-3-8(4-7)6-10;9-5-7-3-1-2-4-8(7)6-10/h3*1-6H. The van der Waals surface area contributed by atoms with Gasteiger partial charge >= 0.3 is 0 Å². The van der Waals surface area contributed by atoms with Gasteiger partial charge in [-0.3, -0.25) is 28.8 Å². The summed E-state index contributed by atoms with van der Waals surface area (Å²) in [4.78, 5) is 61.0. The van der Waals surface area contributed by atoms with Crippen LogP contribution in [0.5, 0.6) is 0 Å². The molecule has 0 amide bonds. The van der Waals surface area contributed by atoms with Crippen molar-refractivity contribution in [3.63, 3.8) is 0 Å². The Kier molecular flexibility index (Phi) is 10.9. The second-order valence-corrected chi connectivity index (χ2v) is 5.67. The lowest BCUT2D eigenvalue weighted by molar-refractivity contribution is 0.109. The van der Waals surface area contributed by atoms with Crippen LogP contribution >= 0.6 is 0 Å². The van der Waals surface area contributed by atoms with Gasteiger partial charge in [0, 0.05) is 33.4 Å². The fourth-order valence-electron chi connectivity index (χ4n) is 2.08. The quantitative estimate of drug-likeness (QED) is 0.579. The molecule has 0 fully saturated rings. The number of carbonyl (C=O) groups is 6. The molecule has 0 aliphatic heterocycles. The lowest BCUT2D eigenvalue weighted by Crippen LogP contribution is -1.87. The Labute approximate surface area is 173 Å². The van der Waals surface area contributed by atoms with E-state index >= 15 is 0 Å². The second-order valence-electron chi connectivity index (χ2n) is 5.67. The number of benzene rings is 3. The SMILES string of the molecule is O=Cc1ccc(C=O)cc1.O=Cc1cccc(C=O)c1.O=Cc1ccccc1C=O. The topological polar surface area (TPSA) is 102 Å². The molecule has 0 N–H and O–H groups in total. The highest BCUT2D eigenvalue weighted by Gasteiger charge is 1.95. The monoisotopic (exact) mass is 402 g/mol. The molecular formula is C24H18O6. The zero-order chi connectivity index (χ0) is 22.2. The number of rotatable bonds is 6. The molecule has 150 valence electrons. The van der Waals surface area contributed by atoms with Gasteiger partial charge in [0.15, 0.2) is 12.6 Å². The smallest absolute Gasteiger partial charge is 0.150 e. The molecule has 0 saturated carbocycles. The zero-order valence-corrected chi connectivity index (χ0v) is 15.8. The van der Waals surface area contributed by atoms with Crippen LogP contribution in [0.4, 0.5) is 0 Å². The first-order chi connectivity index (χ1) is 14.6. The third-order valence-corrected chi connectivity index (χ3v) is 3.64. The van der Waals surface area contributed by atoms with E-state index in [2.05, 4.69) is 0 Å². The minimum atomic E-state index is 0.442. The van der Waals surface area contributed by atoms with Gasteiger partial charge in [-0.15, -0.1) is 0 Å². The lowest BCUT2D eigenvalue weighted by atomic mass is 10.1. The van der Waals surface area contributed by atoms with Crippen LogP contribution in [0.3, 0.4) is 0 Å². The molecule has 0 aliphatic carbocycles. The van der Waals surface area contributed by atoms with Gasteiger partial charge in [0.1, 0.15) is 25.1 Å². The molecule has 6 heteroatoms. The number of carbonyl (C=O) groups excluding carboxylic acids is 6. The van der Waals surface area contributed by atoms with E-state index in [1.165, 1.54) is 0 Å². The highest BCUT2D eigenvalue weighted by molar-refractivity contribution is 5.90. The third kappa shape index (κ3) is 8.14. The van der Waals surface area contributed by atoms with Gasteiger partial charge in [0.05, 0.1) is 0 Å². The molecule has 3 aromatic carbocycles. The molecule has 6 nitrogen and oxygen atoms in total. The first kappa shape index (κ1) is 23.7. The van der Waals surface area contributed by atoms with Crippen molar-refractivity contribution in [3.8, 4) is 0 Å². The molecule has 30 heavy (non-hydrogen) atoms. The van der Waals surface area contributed by atoms with Gasteiger partial charge in [0.25, 0.3) is 0 Å². The van der Waals surface area contributed by atoms with Crippen LogP contribution in [0.15, 0.2) is 72.8 Å². The van der Waals surface area contributed by atoms with Gasteiger partial charge in [-0.05, 0) is 6.07 Å². The van der Waals surface area contributed by atoms with Gasteiger partial charge in [0.2, 0.25) is 0 Å². The third-order valence-electron chi connectivity index (χ3n) is 3.64. The zero-order valence-electron chi connectivity index (χ0n) is 15.8. The van der Waals surface area contributed by atoms with E-state index in [-0.39, 0.29) is 0 Å². The van der Waals surface area contributed by atoms with Crippen molar-refractivity contribution in [3.05, 3.63) is 106 Å². The van der Waals surface area contributed by atoms with Crippen LogP contribution in [-0.2, 0) is 0 Å². The van der Waals surface area contributed by atoms with Crippen molar-refractivity contribution in [2.24, 2.45) is 0 Å². The van der Waals surface area contributed by atoms with Crippen molar-refractivity contribution in [2.45, 2.75) is 0 Å². The summed E-state index contributed by atoms with van der Waals surface area (Å²) in [6, 6.07) is 19.6. The maximum atomic E-state index is 10.2. The van der Waals surface area contributed by atoms with Crippen LogP contribution in [0.1, 0.15) is 62.1 Å². The average Bonchev–Trinajstić information content (AvgIpc) is 2.84. The van der Waals surface area contributed by atoms with E-state index in [0.29, 0.717) is 58.5 Å². The van der Waals surface area contributed by atoms with E-state index < -0.39 is 0 Å². The molecule has 0 aromatic heterocycles. The van der Waals surface area contributed by atoms with Crippen molar-refractivity contribution >= 4 is 37.7 Å². The van der Waals surface area contributed by atoms with E-state index in [0.717, 1.165) is 12.6 Å². The summed E-state index contributed by atoms with van der Waals surface area (Å²) < 4.78 is 0. The fraction of sp³-hybridized carbons (Fsp3) is 0. The van der Waals surface area contributed by atoms with Gasteiger partial charge in [-0.2, -0.15) is 0 Å². The van der Waals surface area contributed by atoms with Gasteiger partial charge in [-0.1, -0.05) is 66.7 Å². The Hall–Kier alpha value is -4.32. The predicted molar refractivity (Wildman–Crippen MR) is 112 cm³/mol. The predicted octanol–water partition coefficient (Wildman–Crippen LogP) is 3.93. The van der Waals surface area contributed by atoms with E-state index in [9.17, 15) is 28.8 Å². The summed E-state index contributed by atoms with van der Waals surface area (Å²) in [5, 5.41) is 0. The minimum Gasteiger partial charge on any atom is -0.298 e. The number of hydrogen-bond acceptors (Lipinski definition) is 6. The molecule has 0 bridgehead atoms. The molecule has 0 spiro atoms. The molecule has 0 atom stereocenters. The van der Waals surface area contributed by atoms with Gasteiger partial charge < -0.3 is 0 Å². The van der Waals surface area contributed by atoms with E-state index in [4.69, 9.17) is 0 Å². The fourth-order valence-corrected chi connectivity index (χ4v) is 2.08. The molecular weight excluding hydrogens is 384 g/mol. The minimum absolute atomic E-state index is 0.442. The van der Waals surface area contributed by atoms with Gasteiger partial charge in [-0.25, -0.2) is 0 Å². The number of hydrogen-bond donors (Lipinski definition) is 0. The Morgan fingerprint density at radius 1 is 0.367 bits per heavy atom. The summed E-state index contributed by atoms with van der Waals surface area (Å²) >= 11 is 0. The van der Waals surface area contributed by atoms with E-state index in [1.807, 2.05) is 0 Å². The largest absolute Gasteiger partial charge is 0.298 e. The van der Waals surface area contributed by atoms with Crippen LogP contribution in [-0.4, -0.2) is 37.7 Å². The Morgan fingerprint density at radius 3 is 1.03 bits per heavy atom. The summed E-state index contributed by atoms with van der Waals surface area (Å²) in [5.74, 6) is 0. The molecule has 3 rings (SSSR count). The summed E-state index contributed by atoms with van der Waals surface area (Å²) in [5.41, 5.74) is 3.13. The highest BCUT2D eigenvalue weighted by atomic mass is 16.1.